The molecule has 1 aromatic carbocycles. The van der Waals surface area contributed by atoms with E-state index < -0.39 is 0 Å². The SMILES string of the molecule is COC1(Cc2ccccc2F)CCC(N2CCN(/C(=N/C#N)SC)CC2)CC1. The number of ether oxygens (including phenoxy) is 1. The first-order chi connectivity index (χ1) is 13.6. The Morgan fingerprint density at radius 1 is 1.29 bits per heavy atom. The lowest BCUT2D eigenvalue weighted by molar-refractivity contribution is -0.0579. The number of methoxy groups -OCH3 is 1. The van der Waals surface area contributed by atoms with Crippen LogP contribution in [0.5, 0.6) is 0 Å². The number of hydrogen-bond donors (Lipinski definition) is 0. The quantitative estimate of drug-likeness (QED) is 0.437. The van der Waals surface area contributed by atoms with E-state index in [2.05, 4.69) is 14.8 Å². The number of rotatable bonds is 4. The molecule has 0 amide bonds. The highest BCUT2D eigenvalue weighted by atomic mass is 32.2. The van der Waals surface area contributed by atoms with Gasteiger partial charge in [-0.1, -0.05) is 30.0 Å². The number of amidine groups is 1. The van der Waals surface area contributed by atoms with Crippen LogP contribution >= 0.6 is 11.8 Å². The van der Waals surface area contributed by atoms with Crippen LogP contribution in [0.15, 0.2) is 29.3 Å². The smallest absolute Gasteiger partial charge is 0.208 e. The monoisotopic (exact) mass is 404 g/mol. The normalized spacial score (nSPS) is 26.9. The molecule has 5 nitrogen and oxygen atoms in total. The van der Waals surface area contributed by atoms with Gasteiger partial charge in [-0.05, 0) is 43.6 Å². The lowest BCUT2D eigenvalue weighted by atomic mass is 9.77. The molecule has 0 N–H and O–H groups in total. The van der Waals surface area contributed by atoms with Gasteiger partial charge in [0.25, 0.3) is 0 Å². The minimum absolute atomic E-state index is 0.138. The largest absolute Gasteiger partial charge is 0.378 e. The van der Waals surface area contributed by atoms with E-state index in [-0.39, 0.29) is 11.4 Å². The number of thioether (sulfide) groups is 1. The van der Waals surface area contributed by atoms with E-state index in [1.807, 2.05) is 24.6 Å². The molecule has 3 rings (SSSR count). The highest BCUT2D eigenvalue weighted by Crippen LogP contribution is 2.37. The highest BCUT2D eigenvalue weighted by molar-refractivity contribution is 8.13. The Hall–Kier alpha value is -1.62. The molecule has 1 saturated heterocycles. The zero-order chi connectivity index (χ0) is 20.0. The van der Waals surface area contributed by atoms with E-state index in [1.54, 1.807) is 13.2 Å². The Morgan fingerprint density at radius 2 is 1.96 bits per heavy atom. The van der Waals surface area contributed by atoms with Crippen molar-refractivity contribution in [2.24, 2.45) is 4.99 Å². The molecule has 1 saturated carbocycles. The predicted octanol–water partition coefficient (Wildman–Crippen LogP) is 3.51. The van der Waals surface area contributed by atoms with Crippen molar-refractivity contribution < 1.29 is 9.13 Å². The van der Waals surface area contributed by atoms with Crippen LogP contribution in [0.1, 0.15) is 31.2 Å². The molecule has 1 aliphatic carbocycles. The van der Waals surface area contributed by atoms with Gasteiger partial charge in [0.1, 0.15) is 5.82 Å². The van der Waals surface area contributed by atoms with Gasteiger partial charge in [0.15, 0.2) is 5.17 Å². The molecule has 28 heavy (non-hydrogen) atoms. The number of nitrogens with zero attached hydrogens (tertiary/aromatic N) is 4. The first kappa shape index (κ1) is 21.1. The summed E-state index contributed by atoms with van der Waals surface area (Å²) in [6, 6.07) is 7.58. The van der Waals surface area contributed by atoms with E-state index in [0.29, 0.717) is 12.5 Å². The maximum Gasteiger partial charge on any atom is 0.208 e. The number of benzene rings is 1. The average Bonchev–Trinajstić information content (AvgIpc) is 2.74. The van der Waals surface area contributed by atoms with Gasteiger partial charge in [-0.25, -0.2) is 4.39 Å². The third-order valence-electron chi connectivity index (χ3n) is 6.20. The van der Waals surface area contributed by atoms with Crippen molar-refractivity contribution in [2.45, 2.75) is 43.7 Å². The van der Waals surface area contributed by atoms with E-state index in [4.69, 9.17) is 10.00 Å². The van der Waals surface area contributed by atoms with Crippen molar-refractivity contribution in [3.05, 3.63) is 35.6 Å². The van der Waals surface area contributed by atoms with Crippen molar-refractivity contribution >= 4 is 16.9 Å². The van der Waals surface area contributed by atoms with E-state index in [0.717, 1.165) is 62.6 Å². The summed E-state index contributed by atoms with van der Waals surface area (Å²) in [4.78, 5) is 8.68. The number of hydrogen-bond acceptors (Lipinski definition) is 5. The summed E-state index contributed by atoms with van der Waals surface area (Å²) < 4.78 is 20.0. The molecule has 0 spiro atoms. The molecule has 0 atom stereocenters. The van der Waals surface area contributed by atoms with Gasteiger partial charge in [-0.3, -0.25) is 4.90 Å². The minimum atomic E-state index is -0.258. The molecule has 0 aromatic heterocycles. The molecule has 152 valence electrons. The molecule has 1 aromatic rings. The minimum Gasteiger partial charge on any atom is -0.378 e. The fourth-order valence-electron chi connectivity index (χ4n) is 4.50. The Kier molecular flexibility index (Phi) is 7.33. The standard InChI is InChI=1S/C21H29FN4OS/c1-27-21(15-17-5-3-4-6-19(17)22)9-7-18(8-10-21)25-11-13-26(14-12-25)20(28-2)24-16-23/h3-6,18H,7-15H2,1-2H3/b24-20-. The number of aliphatic imine (C=N–C) groups is 1. The van der Waals surface area contributed by atoms with Crippen LogP contribution in [-0.2, 0) is 11.2 Å². The summed E-state index contributed by atoms with van der Waals surface area (Å²) in [5, 5.41) is 9.64. The summed E-state index contributed by atoms with van der Waals surface area (Å²) in [7, 11) is 1.76. The summed E-state index contributed by atoms with van der Waals surface area (Å²) in [6.45, 7) is 3.79. The van der Waals surface area contributed by atoms with Crippen molar-refractivity contribution in [3.63, 3.8) is 0 Å². The van der Waals surface area contributed by atoms with Crippen LogP contribution in [0.25, 0.3) is 0 Å². The molecule has 1 heterocycles. The second-order valence-corrected chi connectivity index (χ2v) is 8.38. The molecule has 0 bridgehead atoms. The van der Waals surface area contributed by atoms with E-state index in [9.17, 15) is 4.39 Å². The predicted molar refractivity (Wildman–Crippen MR) is 112 cm³/mol. The molecule has 0 unspecified atom stereocenters. The zero-order valence-electron chi connectivity index (χ0n) is 16.7. The molecule has 2 fully saturated rings. The molecule has 0 radical (unpaired) electrons. The fourth-order valence-corrected chi connectivity index (χ4v) is 5.08. The first-order valence-electron chi connectivity index (χ1n) is 9.89. The van der Waals surface area contributed by atoms with Gasteiger partial charge in [-0.2, -0.15) is 5.26 Å². The van der Waals surface area contributed by atoms with Crippen LogP contribution < -0.4 is 0 Å². The second kappa shape index (κ2) is 9.73. The molecule has 2 aliphatic rings. The summed E-state index contributed by atoms with van der Waals surface area (Å²) in [6.07, 6.45) is 8.55. The maximum absolute atomic E-state index is 14.1. The average molecular weight is 405 g/mol. The lowest BCUT2D eigenvalue weighted by Crippen LogP contribution is -2.53. The Labute approximate surface area is 171 Å². The number of nitriles is 1. The summed E-state index contributed by atoms with van der Waals surface area (Å²) in [5.41, 5.74) is 0.490. The van der Waals surface area contributed by atoms with Gasteiger partial charge in [0.05, 0.1) is 5.60 Å². The van der Waals surface area contributed by atoms with E-state index >= 15 is 0 Å². The van der Waals surface area contributed by atoms with Crippen molar-refractivity contribution in [3.8, 4) is 6.19 Å². The molecular weight excluding hydrogens is 375 g/mol. The highest BCUT2D eigenvalue weighted by Gasteiger charge is 2.38. The van der Waals surface area contributed by atoms with Gasteiger partial charge in [0, 0.05) is 45.8 Å². The van der Waals surface area contributed by atoms with Crippen LogP contribution in [0.2, 0.25) is 0 Å². The Bertz CT molecular complexity index is 719. The molecule has 1 aliphatic heterocycles. The van der Waals surface area contributed by atoms with Gasteiger partial charge in [0.2, 0.25) is 6.19 Å². The Balaban J connectivity index is 1.54. The molecular formula is C21H29FN4OS. The summed E-state index contributed by atoms with van der Waals surface area (Å²) in [5.74, 6) is -0.138. The lowest BCUT2D eigenvalue weighted by Gasteiger charge is -2.45. The summed E-state index contributed by atoms with van der Waals surface area (Å²) >= 11 is 1.53. The van der Waals surface area contributed by atoms with E-state index in [1.165, 1.54) is 17.8 Å². The Morgan fingerprint density at radius 3 is 2.54 bits per heavy atom. The van der Waals surface area contributed by atoms with Gasteiger partial charge >= 0.3 is 0 Å². The number of piperazine rings is 1. The third-order valence-corrected chi connectivity index (χ3v) is 6.91. The maximum atomic E-state index is 14.1. The van der Waals surface area contributed by atoms with Crippen molar-refractivity contribution in [1.82, 2.24) is 9.80 Å². The van der Waals surface area contributed by atoms with Crippen LogP contribution in [0.4, 0.5) is 4.39 Å². The van der Waals surface area contributed by atoms with Crippen LogP contribution in [-0.4, -0.2) is 66.2 Å². The van der Waals surface area contributed by atoms with Gasteiger partial charge in [-0.15, -0.1) is 4.99 Å². The first-order valence-corrected chi connectivity index (χ1v) is 11.1. The van der Waals surface area contributed by atoms with Crippen molar-refractivity contribution in [2.75, 3.05) is 39.5 Å². The topological polar surface area (TPSA) is 51.9 Å². The second-order valence-electron chi connectivity index (χ2n) is 7.61. The van der Waals surface area contributed by atoms with Crippen LogP contribution in [0.3, 0.4) is 0 Å². The fraction of sp³-hybridized carbons (Fsp3) is 0.619. The third kappa shape index (κ3) is 4.86. The zero-order valence-corrected chi connectivity index (χ0v) is 17.6. The van der Waals surface area contributed by atoms with Gasteiger partial charge < -0.3 is 9.64 Å². The number of halogens is 1. The van der Waals surface area contributed by atoms with Crippen molar-refractivity contribution in [1.29, 1.82) is 5.26 Å². The molecule has 7 heteroatoms. The van der Waals surface area contributed by atoms with Crippen LogP contribution in [0, 0.1) is 17.3 Å².